The van der Waals surface area contributed by atoms with Gasteiger partial charge in [-0.05, 0) is 36.9 Å². The van der Waals surface area contributed by atoms with Crippen molar-refractivity contribution in [1.82, 2.24) is 5.32 Å². The summed E-state index contributed by atoms with van der Waals surface area (Å²) < 4.78 is 0. The van der Waals surface area contributed by atoms with Crippen molar-refractivity contribution >= 4 is 23.5 Å². The van der Waals surface area contributed by atoms with Crippen LogP contribution >= 0.6 is 11.8 Å². The first-order valence-corrected chi connectivity index (χ1v) is 7.17. The number of carbonyl (C=O) groups excluding carboxylic acids is 1. The fourth-order valence-electron chi connectivity index (χ4n) is 1.43. The number of anilines is 1. The lowest BCUT2D eigenvalue weighted by molar-refractivity contribution is 0.252. The molecular weight excluding hydrogens is 232 g/mol. The standard InChI is InChI=1S/C13H20N2OS/c1-3-4-5-10-14-13(16)15-11-6-8-12(17-2)9-7-11/h6-9H,3-5,10H2,1-2H3,(H2,14,15,16). The molecule has 0 atom stereocenters. The van der Waals surface area contributed by atoms with Gasteiger partial charge in [0.2, 0.25) is 0 Å². The summed E-state index contributed by atoms with van der Waals surface area (Å²) in [6, 6.07) is 7.70. The Morgan fingerprint density at radius 2 is 1.94 bits per heavy atom. The lowest BCUT2D eigenvalue weighted by Gasteiger charge is -2.07. The summed E-state index contributed by atoms with van der Waals surface area (Å²) in [7, 11) is 0. The number of unbranched alkanes of at least 4 members (excludes halogenated alkanes) is 2. The molecule has 94 valence electrons. The average molecular weight is 252 g/mol. The van der Waals surface area contributed by atoms with Gasteiger partial charge in [-0.15, -0.1) is 11.8 Å². The van der Waals surface area contributed by atoms with E-state index in [0.29, 0.717) is 0 Å². The number of hydrogen-bond acceptors (Lipinski definition) is 2. The van der Waals surface area contributed by atoms with Gasteiger partial charge in [0.25, 0.3) is 0 Å². The number of hydrogen-bond donors (Lipinski definition) is 2. The van der Waals surface area contributed by atoms with Gasteiger partial charge in [-0.25, -0.2) is 4.79 Å². The van der Waals surface area contributed by atoms with Gasteiger partial charge in [0.05, 0.1) is 0 Å². The van der Waals surface area contributed by atoms with Crippen LogP contribution in [0, 0.1) is 0 Å². The van der Waals surface area contributed by atoms with Crippen LogP contribution in [0.15, 0.2) is 29.2 Å². The van der Waals surface area contributed by atoms with Crippen LogP contribution in [-0.4, -0.2) is 18.8 Å². The smallest absolute Gasteiger partial charge is 0.319 e. The molecule has 17 heavy (non-hydrogen) atoms. The highest BCUT2D eigenvalue weighted by molar-refractivity contribution is 7.98. The highest BCUT2D eigenvalue weighted by atomic mass is 32.2. The molecule has 1 rings (SSSR count). The van der Waals surface area contributed by atoms with Gasteiger partial charge in [0.1, 0.15) is 0 Å². The lowest BCUT2D eigenvalue weighted by atomic mass is 10.2. The summed E-state index contributed by atoms with van der Waals surface area (Å²) in [5.74, 6) is 0. The summed E-state index contributed by atoms with van der Waals surface area (Å²) >= 11 is 1.69. The van der Waals surface area contributed by atoms with Gasteiger partial charge >= 0.3 is 6.03 Å². The van der Waals surface area contributed by atoms with E-state index in [1.165, 1.54) is 11.3 Å². The van der Waals surface area contributed by atoms with E-state index in [1.54, 1.807) is 11.8 Å². The zero-order valence-corrected chi connectivity index (χ0v) is 11.3. The molecule has 0 unspecified atom stereocenters. The van der Waals surface area contributed by atoms with Crippen molar-refractivity contribution in [2.45, 2.75) is 31.1 Å². The van der Waals surface area contributed by atoms with Crippen LogP contribution in [0.3, 0.4) is 0 Å². The Kier molecular flexibility index (Phi) is 6.55. The van der Waals surface area contributed by atoms with Crippen molar-refractivity contribution in [2.75, 3.05) is 18.1 Å². The van der Waals surface area contributed by atoms with Crippen molar-refractivity contribution in [3.05, 3.63) is 24.3 Å². The summed E-state index contributed by atoms with van der Waals surface area (Å²) in [5, 5.41) is 5.65. The van der Waals surface area contributed by atoms with Crippen LogP contribution in [0.5, 0.6) is 0 Å². The largest absolute Gasteiger partial charge is 0.338 e. The highest BCUT2D eigenvalue weighted by Crippen LogP contribution is 2.17. The summed E-state index contributed by atoms with van der Waals surface area (Å²) in [6.45, 7) is 2.88. The Morgan fingerprint density at radius 1 is 1.24 bits per heavy atom. The molecule has 0 heterocycles. The van der Waals surface area contributed by atoms with E-state index >= 15 is 0 Å². The minimum Gasteiger partial charge on any atom is -0.338 e. The van der Waals surface area contributed by atoms with Gasteiger partial charge < -0.3 is 10.6 Å². The highest BCUT2D eigenvalue weighted by Gasteiger charge is 2.00. The fraction of sp³-hybridized carbons (Fsp3) is 0.462. The molecule has 1 aromatic rings. The number of benzene rings is 1. The Balaban J connectivity index is 2.29. The van der Waals surface area contributed by atoms with E-state index in [2.05, 4.69) is 17.6 Å². The van der Waals surface area contributed by atoms with E-state index in [-0.39, 0.29) is 6.03 Å². The third-order valence-corrected chi connectivity index (χ3v) is 3.16. The van der Waals surface area contributed by atoms with Gasteiger partial charge in [-0.3, -0.25) is 0 Å². The van der Waals surface area contributed by atoms with Gasteiger partial charge in [-0.1, -0.05) is 19.8 Å². The first-order valence-electron chi connectivity index (χ1n) is 5.95. The van der Waals surface area contributed by atoms with Crippen LogP contribution in [-0.2, 0) is 0 Å². The molecule has 2 N–H and O–H groups in total. The zero-order chi connectivity index (χ0) is 12.5. The van der Waals surface area contributed by atoms with E-state index in [9.17, 15) is 4.79 Å². The summed E-state index contributed by atoms with van der Waals surface area (Å²) in [5.41, 5.74) is 0.829. The van der Waals surface area contributed by atoms with Crippen molar-refractivity contribution < 1.29 is 4.79 Å². The maximum Gasteiger partial charge on any atom is 0.319 e. The second kappa shape index (κ2) is 8.01. The molecule has 1 aromatic carbocycles. The van der Waals surface area contributed by atoms with Crippen LogP contribution < -0.4 is 10.6 Å². The topological polar surface area (TPSA) is 41.1 Å². The van der Waals surface area contributed by atoms with Gasteiger partial charge in [0, 0.05) is 17.1 Å². The minimum atomic E-state index is -0.127. The third-order valence-electron chi connectivity index (χ3n) is 2.41. The number of amides is 2. The van der Waals surface area contributed by atoms with Crippen LogP contribution in [0.2, 0.25) is 0 Å². The lowest BCUT2D eigenvalue weighted by Crippen LogP contribution is -2.29. The molecule has 2 amide bonds. The Hall–Kier alpha value is -1.16. The molecule has 3 nitrogen and oxygen atoms in total. The van der Waals surface area contributed by atoms with Crippen LogP contribution in [0.25, 0.3) is 0 Å². The molecule has 0 fully saturated rings. The molecule has 0 aliphatic rings. The maximum absolute atomic E-state index is 11.5. The van der Waals surface area contributed by atoms with Crippen molar-refractivity contribution in [1.29, 1.82) is 0 Å². The number of thioether (sulfide) groups is 1. The molecule has 0 aromatic heterocycles. The van der Waals surface area contributed by atoms with E-state index in [1.807, 2.05) is 30.5 Å². The Bertz CT molecular complexity index is 338. The SMILES string of the molecule is CCCCCNC(=O)Nc1ccc(SC)cc1. The van der Waals surface area contributed by atoms with Crippen molar-refractivity contribution in [2.24, 2.45) is 0 Å². The number of carbonyl (C=O) groups is 1. The molecule has 0 aliphatic heterocycles. The van der Waals surface area contributed by atoms with Gasteiger partial charge in [-0.2, -0.15) is 0 Å². The summed E-state index contributed by atoms with van der Waals surface area (Å²) in [4.78, 5) is 12.7. The first-order chi connectivity index (χ1) is 8.26. The molecule has 4 heteroatoms. The Labute approximate surface area is 107 Å². The molecule has 0 spiro atoms. The Morgan fingerprint density at radius 3 is 2.53 bits per heavy atom. The average Bonchev–Trinajstić information content (AvgIpc) is 2.36. The molecule has 0 radical (unpaired) electrons. The molecular formula is C13H20N2OS. The summed E-state index contributed by atoms with van der Waals surface area (Å²) in [6.07, 6.45) is 5.39. The molecule has 0 bridgehead atoms. The molecule has 0 aliphatic carbocycles. The quantitative estimate of drug-likeness (QED) is 0.598. The predicted molar refractivity (Wildman–Crippen MR) is 74.8 cm³/mol. The maximum atomic E-state index is 11.5. The minimum absolute atomic E-state index is 0.127. The number of nitrogens with one attached hydrogen (secondary N) is 2. The second-order valence-electron chi connectivity index (χ2n) is 3.82. The van der Waals surface area contributed by atoms with E-state index in [4.69, 9.17) is 0 Å². The zero-order valence-electron chi connectivity index (χ0n) is 10.5. The second-order valence-corrected chi connectivity index (χ2v) is 4.70. The van der Waals surface area contributed by atoms with Gasteiger partial charge in [0.15, 0.2) is 0 Å². The molecule has 0 saturated heterocycles. The van der Waals surface area contributed by atoms with Crippen LogP contribution in [0.4, 0.5) is 10.5 Å². The number of rotatable bonds is 6. The predicted octanol–water partition coefficient (Wildman–Crippen LogP) is 3.72. The fourth-order valence-corrected chi connectivity index (χ4v) is 1.83. The van der Waals surface area contributed by atoms with Crippen molar-refractivity contribution in [3.63, 3.8) is 0 Å². The molecule has 0 saturated carbocycles. The third kappa shape index (κ3) is 5.63. The van der Waals surface area contributed by atoms with Crippen molar-refractivity contribution in [3.8, 4) is 0 Å². The van der Waals surface area contributed by atoms with E-state index in [0.717, 1.165) is 25.1 Å². The number of urea groups is 1. The van der Waals surface area contributed by atoms with Crippen LogP contribution in [0.1, 0.15) is 26.2 Å². The first kappa shape index (κ1) is 13.9. The normalized spacial score (nSPS) is 10.0. The van der Waals surface area contributed by atoms with E-state index < -0.39 is 0 Å². The monoisotopic (exact) mass is 252 g/mol.